The zero-order valence-electron chi connectivity index (χ0n) is 15.1. The van der Waals surface area contributed by atoms with Crippen molar-refractivity contribution < 1.29 is 0 Å². The van der Waals surface area contributed by atoms with Crippen molar-refractivity contribution in [3.05, 3.63) is 38.8 Å². The van der Waals surface area contributed by atoms with Crippen LogP contribution < -0.4 is 10.6 Å². The lowest BCUT2D eigenvalue weighted by atomic mass is 9.94. The molecule has 136 valence electrons. The molecule has 3 rings (SSSR count). The highest BCUT2D eigenvalue weighted by Gasteiger charge is 2.23. The normalized spacial score (nSPS) is 17.6. The molecule has 0 aromatic carbocycles. The zero-order chi connectivity index (χ0) is 17.8. The molecule has 0 saturated carbocycles. The number of aliphatic imine (C=N–C) groups is 1. The van der Waals surface area contributed by atoms with Gasteiger partial charge in [0.05, 0.1) is 16.6 Å². The molecule has 1 aliphatic carbocycles. The first-order valence-corrected chi connectivity index (χ1v) is 10.1. The fraction of sp³-hybridized carbons (Fsp3) is 0.556. The molecule has 2 aromatic heterocycles. The van der Waals surface area contributed by atoms with Crippen LogP contribution in [0.25, 0.3) is 0 Å². The summed E-state index contributed by atoms with van der Waals surface area (Å²) in [7, 11) is 0. The number of halogens is 1. The number of hydrogen-bond acceptors (Lipinski definition) is 3. The molecular formula is C18H26ClN5S. The van der Waals surface area contributed by atoms with E-state index in [4.69, 9.17) is 21.7 Å². The monoisotopic (exact) mass is 379 g/mol. The highest BCUT2D eigenvalue weighted by Crippen LogP contribution is 2.23. The van der Waals surface area contributed by atoms with Gasteiger partial charge in [-0.15, -0.1) is 11.3 Å². The van der Waals surface area contributed by atoms with Gasteiger partial charge in [-0.1, -0.05) is 11.6 Å². The van der Waals surface area contributed by atoms with Crippen molar-refractivity contribution in [2.75, 3.05) is 6.54 Å². The van der Waals surface area contributed by atoms with E-state index in [0.29, 0.717) is 18.6 Å². The Morgan fingerprint density at radius 2 is 2.32 bits per heavy atom. The summed E-state index contributed by atoms with van der Waals surface area (Å²) in [4.78, 5) is 5.87. The van der Waals surface area contributed by atoms with Crippen molar-refractivity contribution in [2.24, 2.45) is 4.99 Å². The second-order valence-corrected chi connectivity index (χ2v) is 8.46. The average molecular weight is 380 g/mol. The smallest absolute Gasteiger partial charge is 0.191 e. The van der Waals surface area contributed by atoms with Gasteiger partial charge in [-0.3, -0.25) is 4.68 Å². The van der Waals surface area contributed by atoms with Gasteiger partial charge in [-0.05, 0) is 51.3 Å². The molecule has 5 nitrogen and oxygen atoms in total. The Morgan fingerprint density at radius 3 is 3.00 bits per heavy atom. The maximum absolute atomic E-state index is 5.99. The van der Waals surface area contributed by atoms with Crippen LogP contribution in [0.5, 0.6) is 0 Å². The third-order valence-electron chi connectivity index (χ3n) is 4.33. The number of nitrogens with one attached hydrogen (secondary N) is 2. The van der Waals surface area contributed by atoms with Crippen LogP contribution in [0.3, 0.4) is 0 Å². The van der Waals surface area contributed by atoms with Crippen molar-refractivity contribution in [2.45, 2.75) is 58.7 Å². The lowest BCUT2D eigenvalue weighted by molar-refractivity contribution is 0.499. The van der Waals surface area contributed by atoms with Gasteiger partial charge in [0.2, 0.25) is 0 Å². The van der Waals surface area contributed by atoms with Gasteiger partial charge >= 0.3 is 0 Å². The molecule has 0 fully saturated rings. The van der Waals surface area contributed by atoms with Gasteiger partial charge in [0, 0.05) is 36.1 Å². The number of thiophene rings is 1. The van der Waals surface area contributed by atoms with Crippen molar-refractivity contribution in [3.8, 4) is 0 Å². The quantitative estimate of drug-likeness (QED) is 0.613. The summed E-state index contributed by atoms with van der Waals surface area (Å²) >= 11 is 7.57. The number of guanidine groups is 1. The number of aryl methyl sites for hydroxylation is 1. The van der Waals surface area contributed by atoms with Gasteiger partial charge < -0.3 is 10.6 Å². The molecule has 7 heteroatoms. The molecule has 1 aliphatic rings. The fourth-order valence-corrected chi connectivity index (χ4v) is 4.02. The molecule has 0 aliphatic heterocycles. The molecule has 2 N–H and O–H groups in total. The Balaban J connectivity index is 1.64. The summed E-state index contributed by atoms with van der Waals surface area (Å²) in [6.07, 6.45) is 5.33. The lowest BCUT2D eigenvalue weighted by Crippen LogP contribution is -2.45. The highest BCUT2D eigenvalue weighted by atomic mass is 35.5. The van der Waals surface area contributed by atoms with E-state index in [1.54, 1.807) is 11.3 Å². The van der Waals surface area contributed by atoms with Crippen molar-refractivity contribution in [1.82, 2.24) is 20.4 Å². The summed E-state index contributed by atoms with van der Waals surface area (Å²) in [6.45, 7) is 7.91. The fourth-order valence-electron chi connectivity index (χ4n) is 3.01. The van der Waals surface area contributed by atoms with Crippen LogP contribution in [-0.2, 0) is 19.4 Å². The summed E-state index contributed by atoms with van der Waals surface area (Å²) in [5, 5.41) is 11.7. The third kappa shape index (κ3) is 4.76. The Hall–Kier alpha value is -1.53. The van der Waals surface area contributed by atoms with E-state index < -0.39 is 0 Å². The minimum atomic E-state index is 0.368. The first-order chi connectivity index (χ1) is 12.0. The first-order valence-electron chi connectivity index (χ1n) is 8.91. The van der Waals surface area contributed by atoms with E-state index in [2.05, 4.69) is 42.3 Å². The van der Waals surface area contributed by atoms with Crippen LogP contribution in [0.1, 0.15) is 49.4 Å². The van der Waals surface area contributed by atoms with E-state index in [9.17, 15) is 0 Å². The number of hydrogen-bond donors (Lipinski definition) is 2. The molecule has 2 heterocycles. The molecule has 0 spiro atoms. The summed E-state index contributed by atoms with van der Waals surface area (Å²) in [6, 6.07) is 4.73. The van der Waals surface area contributed by atoms with Crippen molar-refractivity contribution >= 4 is 28.9 Å². The van der Waals surface area contributed by atoms with Gasteiger partial charge in [-0.2, -0.15) is 5.10 Å². The molecule has 0 radical (unpaired) electrons. The molecule has 0 bridgehead atoms. The largest absolute Gasteiger partial charge is 0.357 e. The van der Waals surface area contributed by atoms with Gasteiger partial charge in [0.15, 0.2) is 5.96 Å². The summed E-state index contributed by atoms with van der Waals surface area (Å²) in [5.41, 5.74) is 2.61. The Morgan fingerprint density at radius 1 is 1.48 bits per heavy atom. The average Bonchev–Trinajstić information content (AvgIpc) is 3.18. The minimum absolute atomic E-state index is 0.368. The minimum Gasteiger partial charge on any atom is -0.357 e. The summed E-state index contributed by atoms with van der Waals surface area (Å²) in [5.74, 6) is 0.865. The molecule has 0 amide bonds. The van der Waals surface area contributed by atoms with Gasteiger partial charge in [0.25, 0.3) is 0 Å². The van der Waals surface area contributed by atoms with E-state index in [0.717, 1.165) is 36.1 Å². The summed E-state index contributed by atoms with van der Waals surface area (Å²) < 4.78 is 2.89. The molecule has 1 atom stereocenters. The molecule has 0 saturated heterocycles. The van der Waals surface area contributed by atoms with Crippen LogP contribution >= 0.6 is 22.9 Å². The standard InChI is InChI=1S/C18H26ClN5S/c1-4-20-18(21-10-15-7-8-17(19)25-15)22-14-6-5-13-11-24(12(2)3)23-16(13)9-14/h7-8,11-12,14H,4-6,9-10H2,1-3H3,(H2,20,21,22). The second-order valence-electron chi connectivity index (χ2n) is 6.66. The van der Waals surface area contributed by atoms with Crippen LogP contribution in [0, 0.1) is 0 Å². The van der Waals surface area contributed by atoms with Crippen LogP contribution in [0.15, 0.2) is 23.3 Å². The van der Waals surface area contributed by atoms with E-state index in [1.165, 1.54) is 16.1 Å². The predicted octanol–water partition coefficient (Wildman–Crippen LogP) is 3.79. The molecular weight excluding hydrogens is 354 g/mol. The van der Waals surface area contributed by atoms with Crippen LogP contribution in [0.2, 0.25) is 4.34 Å². The number of fused-ring (bicyclic) bond motifs is 1. The third-order valence-corrected chi connectivity index (χ3v) is 5.55. The Bertz CT molecular complexity index is 734. The van der Waals surface area contributed by atoms with E-state index >= 15 is 0 Å². The number of rotatable bonds is 5. The second kappa shape index (κ2) is 8.23. The topological polar surface area (TPSA) is 54.2 Å². The predicted molar refractivity (Wildman–Crippen MR) is 106 cm³/mol. The Kier molecular flexibility index (Phi) is 6.02. The van der Waals surface area contributed by atoms with Crippen LogP contribution in [-0.4, -0.2) is 28.3 Å². The maximum atomic E-state index is 5.99. The Labute approximate surface area is 158 Å². The zero-order valence-corrected chi connectivity index (χ0v) is 16.6. The van der Waals surface area contributed by atoms with Crippen LogP contribution in [0.4, 0.5) is 0 Å². The van der Waals surface area contributed by atoms with Gasteiger partial charge in [0.1, 0.15) is 0 Å². The highest BCUT2D eigenvalue weighted by molar-refractivity contribution is 7.16. The van der Waals surface area contributed by atoms with Crippen molar-refractivity contribution in [1.29, 1.82) is 0 Å². The number of aromatic nitrogens is 2. The lowest BCUT2D eigenvalue weighted by Gasteiger charge is -2.24. The van der Waals surface area contributed by atoms with E-state index in [-0.39, 0.29) is 0 Å². The SMILES string of the molecule is CCNC(=NCc1ccc(Cl)s1)NC1CCc2cn(C(C)C)nc2C1. The van der Waals surface area contributed by atoms with E-state index in [1.807, 2.05) is 12.1 Å². The van der Waals surface area contributed by atoms with Crippen molar-refractivity contribution in [3.63, 3.8) is 0 Å². The molecule has 1 unspecified atom stereocenters. The maximum Gasteiger partial charge on any atom is 0.191 e. The number of nitrogens with zero attached hydrogens (tertiary/aromatic N) is 3. The molecule has 2 aromatic rings. The van der Waals surface area contributed by atoms with Gasteiger partial charge in [-0.25, -0.2) is 4.99 Å². The molecule has 25 heavy (non-hydrogen) atoms. The first kappa shape index (κ1) is 18.3.